The van der Waals surface area contributed by atoms with E-state index in [0.29, 0.717) is 12.1 Å². The van der Waals surface area contributed by atoms with Gasteiger partial charge in [-0.1, -0.05) is 12.1 Å². The standard InChI is InChI=1S/C17H23N5O.HI/c1-2-19-17(20-8-11-22-9-3-4-10-22)21-13-14-6-5-7-15(12-14)16(18)23;/h3-7,9-10,12H,2,8,11,13H2,1H3,(H2,18,23)(H2,19,20,21);1H. The second kappa shape index (κ2) is 10.7. The molecule has 0 aliphatic rings. The van der Waals surface area contributed by atoms with Crippen LogP contribution in [0.4, 0.5) is 0 Å². The average Bonchev–Trinajstić information content (AvgIpc) is 3.06. The summed E-state index contributed by atoms with van der Waals surface area (Å²) in [6.45, 7) is 4.95. The van der Waals surface area contributed by atoms with Gasteiger partial charge in [-0.3, -0.25) is 4.79 Å². The van der Waals surface area contributed by atoms with Crippen molar-refractivity contribution in [3.05, 3.63) is 59.9 Å². The molecule has 0 atom stereocenters. The molecule has 0 aliphatic carbocycles. The maximum absolute atomic E-state index is 11.2. The minimum absolute atomic E-state index is 0. The van der Waals surface area contributed by atoms with E-state index in [1.165, 1.54) is 0 Å². The smallest absolute Gasteiger partial charge is 0.248 e. The number of nitrogens with one attached hydrogen (secondary N) is 2. The Balaban J connectivity index is 0.00000288. The molecule has 24 heavy (non-hydrogen) atoms. The third-order valence-corrected chi connectivity index (χ3v) is 3.30. The van der Waals surface area contributed by atoms with Crippen molar-refractivity contribution < 1.29 is 4.79 Å². The lowest BCUT2D eigenvalue weighted by molar-refractivity contribution is 0.1000. The molecule has 1 amide bonds. The second-order valence-electron chi connectivity index (χ2n) is 5.11. The molecule has 1 aromatic carbocycles. The van der Waals surface area contributed by atoms with Crippen molar-refractivity contribution in [2.24, 2.45) is 10.7 Å². The number of hydrogen-bond donors (Lipinski definition) is 3. The Bertz CT molecular complexity index is 655. The molecular weight excluding hydrogens is 417 g/mol. The highest BCUT2D eigenvalue weighted by Gasteiger charge is 2.02. The minimum atomic E-state index is -0.424. The number of aromatic nitrogens is 1. The van der Waals surface area contributed by atoms with Crippen LogP contribution in [0.3, 0.4) is 0 Å². The number of carbonyl (C=O) groups excluding carboxylic acids is 1. The van der Waals surface area contributed by atoms with Gasteiger partial charge in [0.1, 0.15) is 0 Å². The van der Waals surface area contributed by atoms with E-state index in [9.17, 15) is 4.79 Å². The molecule has 0 saturated carbocycles. The van der Waals surface area contributed by atoms with Gasteiger partial charge in [0.25, 0.3) is 0 Å². The quantitative estimate of drug-likeness (QED) is 0.349. The van der Waals surface area contributed by atoms with E-state index in [2.05, 4.69) is 20.2 Å². The van der Waals surface area contributed by atoms with E-state index >= 15 is 0 Å². The molecule has 2 rings (SSSR count). The number of rotatable bonds is 7. The number of aliphatic imine (C=N–C) groups is 1. The van der Waals surface area contributed by atoms with Gasteiger partial charge in [-0.25, -0.2) is 4.99 Å². The summed E-state index contributed by atoms with van der Waals surface area (Å²) in [4.78, 5) is 15.7. The molecule has 4 N–H and O–H groups in total. The first kappa shape index (κ1) is 20.0. The number of nitrogens with zero attached hydrogens (tertiary/aromatic N) is 2. The van der Waals surface area contributed by atoms with Gasteiger partial charge in [0.2, 0.25) is 5.91 Å². The van der Waals surface area contributed by atoms with Crippen LogP contribution in [0.5, 0.6) is 0 Å². The summed E-state index contributed by atoms with van der Waals surface area (Å²) >= 11 is 0. The molecule has 0 bridgehead atoms. The molecule has 0 fully saturated rings. The molecule has 0 spiro atoms. The molecule has 130 valence electrons. The first-order valence-electron chi connectivity index (χ1n) is 7.70. The highest BCUT2D eigenvalue weighted by Crippen LogP contribution is 2.06. The summed E-state index contributed by atoms with van der Waals surface area (Å²) < 4.78 is 2.10. The maximum atomic E-state index is 11.2. The SMILES string of the molecule is CCNC(=NCc1cccc(C(N)=O)c1)NCCn1cccc1.I. The topological polar surface area (TPSA) is 84.4 Å². The third-order valence-electron chi connectivity index (χ3n) is 3.30. The lowest BCUT2D eigenvalue weighted by Crippen LogP contribution is -2.38. The van der Waals surface area contributed by atoms with Gasteiger partial charge in [-0.2, -0.15) is 0 Å². The first-order chi connectivity index (χ1) is 11.2. The Morgan fingerprint density at radius 3 is 2.62 bits per heavy atom. The van der Waals surface area contributed by atoms with Crippen molar-refractivity contribution in [1.82, 2.24) is 15.2 Å². The largest absolute Gasteiger partial charge is 0.366 e. The zero-order chi connectivity index (χ0) is 16.5. The fourth-order valence-corrected chi connectivity index (χ4v) is 2.16. The van der Waals surface area contributed by atoms with Crippen molar-refractivity contribution in [3.63, 3.8) is 0 Å². The van der Waals surface area contributed by atoms with Gasteiger partial charge in [0.15, 0.2) is 5.96 Å². The third kappa shape index (κ3) is 6.61. The summed E-state index contributed by atoms with van der Waals surface area (Å²) in [6, 6.07) is 11.2. The number of amides is 1. The van der Waals surface area contributed by atoms with E-state index in [1.54, 1.807) is 12.1 Å². The lowest BCUT2D eigenvalue weighted by Gasteiger charge is -2.12. The average molecular weight is 441 g/mol. The maximum Gasteiger partial charge on any atom is 0.248 e. The first-order valence-corrected chi connectivity index (χ1v) is 7.70. The molecule has 6 nitrogen and oxygen atoms in total. The normalized spacial score (nSPS) is 10.8. The predicted molar refractivity (Wildman–Crippen MR) is 108 cm³/mol. The molecule has 0 unspecified atom stereocenters. The van der Waals surface area contributed by atoms with Crippen LogP contribution in [-0.4, -0.2) is 29.5 Å². The number of benzene rings is 1. The lowest BCUT2D eigenvalue weighted by atomic mass is 10.1. The molecular formula is C17H24IN5O. The van der Waals surface area contributed by atoms with E-state index in [4.69, 9.17) is 5.73 Å². The molecule has 0 saturated heterocycles. The fraction of sp³-hybridized carbons (Fsp3) is 0.294. The van der Waals surface area contributed by atoms with Crippen molar-refractivity contribution >= 4 is 35.8 Å². The number of primary amides is 1. The summed E-state index contributed by atoms with van der Waals surface area (Å²) in [5.41, 5.74) is 6.75. The van der Waals surface area contributed by atoms with Crippen molar-refractivity contribution in [2.75, 3.05) is 13.1 Å². The molecule has 1 heterocycles. The monoisotopic (exact) mass is 441 g/mol. The fourth-order valence-electron chi connectivity index (χ4n) is 2.16. The zero-order valence-corrected chi connectivity index (χ0v) is 16.1. The van der Waals surface area contributed by atoms with Crippen molar-refractivity contribution in [1.29, 1.82) is 0 Å². The van der Waals surface area contributed by atoms with E-state index in [0.717, 1.165) is 31.2 Å². The molecule has 7 heteroatoms. The van der Waals surface area contributed by atoms with Gasteiger partial charge in [-0.15, -0.1) is 24.0 Å². The Hall–Kier alpha value is -2.03. The van der Waals surface area contributed by atoms with Crippen molar-refractivity contribution in [3.8, 4) is 0 Å². The highest BCUT2D eigenvalue weighted by atomic mass is 127. The summed E-state index contributed by atoms with van der Waals surface area (Å²) in [6.07, 6.45) is 4.06. The molecule has 0 aliphatic heterocycles. The Kier molecular flexibility index (Phi) is 8.92. The van der Waals surface area contributed by atoms with Crippen LogP contribution in [-0.2, 0) is 13.1 Å². The minimum Gasteiger partial charge on any atom is -0.366 e. The number of halogens is 1. The molecule has 2 aromatic rings. The van der Waals surface area contributed by atoms with Crippen LogP contribution in [0, 0.1) is 0 Å². The summed E-state index contributed by atoms with van der Waals surface area (Å²) in [7, 11) is 0. The highest BCUT2D eigenvalue weighted by molar-refractivity contribution is 14.0. The summed E-state index contributed by atoms with van der Waals surface area (Å²) in [5, 5.41) is 6.50. The van der Waals surface area contributed by atoms with Gasteiger partial charge in [0, 0.05) is 37.6 Å². The Labute approximate surface area is 159 Å². The number of guanidine groups is 1. The van der Waals surface area contributed by atoms with Gasteiger partial charge < -0.3 is 20.9 Å². The Morgan fingerprint density at radius 1 is 1.21 bits per heavy atom. The van der Waals surface area contributed by atoms with Crippen LogP contribution in [0.1, 0.15) is 22.8 Å². The van der Waals surface area contributed by atoms with Crippen molar-refractivity contribution in [2.45, 2.75) is 20.0 Å². The summed E-state index contributed by atoms with van der Waals surface area (Å²) in [5.74, 6) is 0.330. The molecule has 0 radical (unpaired) electrons. The van der Waals surface area contributed by atoms with Crippen LogP contribution in [0.25, 0.3) is 0 Å². The van der Waals surface area contributed by atoms with E-state index in [-0.39, 0.29) is 24.0 Å². The van der Waals surface area contributed by atoms with Gasteiger partial charge in [-0.05, 0) is 36.8 Å². The second-order valence-corrected chi connectivity index (χ2v) is 5.11. The van der Waals surface area contributed by atoms with Crippen LogP contribution >= 0.6 is 24.0 Å². The van der Waals surface area contributed by atoms with Gasteiger partial charge >= 0.3 is 0 Å². The predicted octanol–water partition coefficient (Wildman–Crippen LogP) is 1.96. The van der Waals surface area contributed by atoms with Crippen LogP contribution in [0.2, 0.25) is 0 Å². The van der Waals surface area contributed by atoms with Gasteiger partial charge in [0.05, 0.1) is 6.54 Å². The number of hydrogen-bond acceptors (Lipinski definition) is 2. The number of carbonyl (C=O) groups is 1. The number of nitrogens with two attached hydrogens (primary N) is 1. The van der Waals surface area contributed by atoms with Crippen LogP contribution < -0.4 is 16.4 Å². The van der Waals surface area contributed by atoms with E-state index in [1.807, 2.05) is 43.6 Å². The molecule has 1 aromatic heterocycles. The Morgan fingerprint density at radius 2 is 1.96 bits per heavy atom. The van der Waals surface area contributed by atoms with E-state index < -0.39 is 5.91 Å². The zero-order valence-electron chi connectivity index (χ0n) is 13.7. The van der Waals surface area contributed by atoms with Crippen LogP contribution in [0.15, 0.2) is 53.8 Å².